The van der Waals surface area contributed by atoms with Crippen molar-refractivity contribution in [2.24, 2.45) is 0 Å². The summed E-state index contributed by atoms with van der Waals surface area (Å²) in [5.74, 6) is -0.134. The van der Waals surface area contributed by atoms with Crippen LogP contribution in [0.2, 0.25) is 0 Å². The van der Waals surface area contributed by atoms with Gasteiger partial charge in [0.15, 0.2) is 0 Å². The Morgan fingerprint density at radius 3 is 2.71 bits per heavy atom. The third-order valence-electron chi connectivity index (χ3n) is 3.15. The molecule has 0 atom stereocenters. The molecule has 4 heteroatoms. The summed E-state index contributed by atoms with van der Waals surface area (Å²) in [6.45, 7) is 2.50. The lowest BCUT2D eigenvalue weighted by Gasteiger charge is -2.21. The second kappa shape index (κ2) is 9.42. The fourth-order valence-corrected chi connectivity index (χ4v) is 2.11. The van der Waals surface area contributed by atoms with Gasteiger partial charge in [-0.15, -0.1) is 0 Å². The van der Waals surface area contributed by atoms with Gasteiger partial charge >= 0.3 is 5.97 Å². The van der Waals surface area contributed by atoms with Crippen molar-refractivity contribution in [1.29, 1.82) is 0 Å². The zero-order valence-corrected chi connectivity index (χ0v) is 10.9. The van der Waals surface area contributed by atoms with Gasteiger partial charge in [0.2, 0.25) is 0 Å². The maximum atomic E-state index is 10.8. The van der Waals surface area contributed by atoms with E-state index in [4.69, 9.17) is 4.74 Å². The zero-order valence-electron chi connectivity index (χ0n) is 10.9. The molecule has 0 unspecified atom stereocenters. The number of esters is 1. The molecule has 1 fully saturated rings. The van der Waals surface area contributed by atoms with Crippen LogP contribution >= 0.6 is 0 Å². The number of hydrogen-bond donors (Lipinski definition) is 1. The highest BCUT2D eigenvalue weighted by atomic mass is 16.5. The van der Waals surface area contributed by atoms with Gasteiger partial charge in [-0.25, -0.2) is 0 Å². The lowest BCUT2D eigenvalue weighted by atomic mass is 9.98. The molecule has 0 saturated heterocycles. The predicted octanol–water partition coefficient (Wildman–Crippen LogP) is 1.88. The van der Waals surface area contributed by atoms with Gasteiger partial charge in [-0.05, 0) is 25.8 Å². The minimum atomic E-state index is -0.134. The molecule has 0 spiro atoms. The minimum Gasteiger partial charge on any atom is -0.469 e. The maximum absolute atomic E-state index is 10.8. The summed E-state index contributed by atoms with van der Waals surface area (Å²) in [7, 11) is 1.42. The monoisotopic (exact) mass is 243 g/mol. The van der Waals surface area contributed by atoms with E-state index in [1.54, 1.807) is 0 Å². The molecule has 1 rings (SSSR count). The van der Waals surface area contributed by atoms with Crippen molar-refractivity contribution in [3.63, 3.8) is 0 Å². The Morgan fingerprint density at radius 1 is 1.24 bits per heavy atom. The first-order chi connectivity index (χ1) is 8.33. The number of rotatable bonds is 8. The maximum Gasteiger partial charge on any atom is 0.305 e. The SMILES string of the molecule is COC(=O)CCCNCCOC1CCCCC1. The zero-order chi connectivity index (χ0) is 12.3. The van der Waals surface area contributed by atoms with Crippen molar-refractivity contribution < 1.29 is 14.3 Å². The van der Waals surface area contributed by atoms with Gasteiger partial charge < -0.3 is 14.8 Å². The Bertz CT molecular complexity index is 203. The van der Waals surface area contributed by atoms with Crippen LogP contribution in [0.3, 0.4) is 0 Å². The Hall–Kier alpha value is -0.610. The highest BCUT2D eigenvalue weighted by Gasteiger charge is 2.12. The first-order valence-corrected chi connectivity index (χ1v) is 6.72. The van der Waals surface area contributed by atoms with Gasteiger partial charge in [0.25, 0.3) is 0 Å². The molecule has 1 N–H and O–H groups in total. The third kappa shape index (κ3) is 7.34. The normalized spacial score (nSPS) is 17.0. The standard InChI is InChI=1S/C13H25NO3/c1-16-13(15)8-5-9-14-10-11-17-12-6-3-2-4-7-12/h12,14H,2-11H2,1H3. The molecular weight excluding hydrogens is 218 g/mol. The average molecular weight is 243 g/mol. The van der Waals surface area contributed by atoms with Crippen LogP contribution in [-0.2, 0) is 14.3 Å². The van der Waals surface area contributed by atoms with Crippen LogP contribution < -0.4 is 5.32 Å². The molecule has 0 aromatic rings. The molecule has 1 aliphatic carbocycles. The Labute approximate surface area is 104 Å². The van der Waals surface area contributed by atoms with Gasteiger partial charge in [-0.2, -0.15) is 0 Å². The summed E-state index contributed by atoms with van der Waals surface area (Å²) in [4.78, 5) is 10.8. The summed E-state index contributed by atoms with van der Waals surface area (Å²) < 4.78 is 10.3. The van der Waals surface area contributed by atoms with Crippen molar-refractivity contribution in [1.82, 2.24) is 5.32 Å². The van der Waals surface area contributed by atoms with E-state index in [1.807, 2.05) is 0 Å². The summed E-state index contributed by atoms with van der Waals surface area (Å²) >= 11 is 0. The molecular formula is C13H25NO3. The molecule has 0 amide bonds. The Morgan fingerprint density at radius 2 is 2.00 bits per heavy atom. The summed E-state index contributed by atoms with van der Waals surface area (Å²) in [6, 6.07) is 0. The largest absolute Gasteiger partial charge is 0.469 e. The van der Waals surface area contributed by atoms with E-state index in [0.717, 1.165) is 26.1 Å². The second-order valence-electron chi connectivity index (χ2n) is 4.56. The molecule has 1 aliphatic rings. The molecule has 0 heterocycles. The molecule has 1 saturated carbocycles. The Balaban J connectivity index is 1.82. The van der Waals surface area contributed by atoms with E-state index in [9.17, 15) is 4.79 Å². The van der Waals surface area contributed by atoms with Crippen LogP contribution in [0.15, 0.2) is 0 Å². The van der Waals surface area contributed by atoms with Crippen LogP contribution in [0.5, 0.6) is 0 Å². The summed E-state index contributed by atoms with van der Waals surface area (Å²) in [5.41, 5.74) is 0. The molecule has 0 bridgehead atoms. The number of nitrogens with one attached hydrogen (secondary N) is 1. The smallest absolute Gasteiger partial charge is 0.305 e. The fourth-order valence-electron chi connectivity index (χ4n) is 2.11. The van der Waals surface area contributed by atoms with Crippen LogP contribution in [0.4, 0.5) is 0 Å². The molecule has 0 aromatic carbocycles. The molecule has 0 radical (unpaired) electrons. The van der Waals surface area contributed by atoms with Crippen molar-refractivity contribution in [2.45, 2.75) is 51.0 Å². The number of carbonyl (C=O) groups is 1. The quantitative estimate of drug-likeness (QED) is 0.522. The van der Waals surface area contributed by atoms with Crippen LogP contribution in [0.25, 0.3) is 0 Å². The molecule has 4 nitrogen and oxygen atoms in total. The molecule has 0 aliphatic heterocycles. The molecule has 0 aromatic heterocycles. The minimum absolute atomic E-state index is 0.134. The van der Waals surface area contributed by atoms with Crippen LogP contribution in [0.1, 0.15) is 44.9 Å². The van der Waals surface area contributed by atoms with E-state index < -0.39 is 0 Å². The van der Waals surface area contributed by atoms with Crippen molar-refractivity contribution >= 4 is 5.97 Å². The number of hydrogen-bond acceptors (Lipinski definition) is 4. The molecule has 17 heavy (non-hydrogen) atoms. The fraction of sp³-hybridized carbons (Fsp3) is 0.923. The number of carbonyl (C=O) groups excluding carboxylic acids is 1. The van der Waals surface area contributed by atoms with E-state index >= 15 is 0 Å². The van der Waals surface area contributed by atoms with Crippen LogP contribution in [0, 0.1) is 0 Å². The van der Waals surface area contributed by atoms with E-state index in [-0.39, 0.29) is 5.97 Å². The first-order valence-electron chi connectivity index (χ1n) is 6.72. The number of ether oxygens (including phenoxy) is 2. The topological polar surface area (TPSA) is 47.6 Å². The lowest BCUT2D eigenvalue weighted by molar-refractivity contribution is -0.140. The van der Waals surface area contributed by atoms with Crippen LogP contribution in [-0.4, -0.2) is 38.9 Å². The van der Waals surface area contributed by atoms with Crippen molar-refractivity contribution in [3.05, 3.63) is 0 Å². The lowest BCUT2D eigenvalue weighted by Crippen LogP contribution is -2.25. The van der Waals surface area contributed by atoms with E-state index in [0.29, 0.717) is 12.5 Å². The van der Waals surface area contributed by atoms with Crippen molar-refractivity contribution in [2.75, 3.05) is 26.8 Å². The van der Waals surface area contributed by atoms with Gasteiger partial charge in [-0.3, -0.25) is 4.79 Å². The Kier molecular flexibility index (Phi) is 8.01. The van der Waals surface area contributed by atoms with E-state index in [1.165, 1.54) is 39.2 Å². The van der Waals surface area contributed by atoms with Crippen molar-refractivity contribution in [3.8, 4) is 0 Å². The predicted molar refractivity (Wildman–Crippen MR) is 66.9 cm³/mol. The third-order valence-corrected chi connectivity index (χ3v) is 3.15. The second-order valence-corrected chi connectivity index (χ2v) is 4.56. The molecule has 100 valence electrons. The van der Waals surface area contributed by atoms with Gasteiger partial charge in [0.1, 0.15) is 0 Å². The van der Waals surface area contributed by atoms with Gasteiger partial charge in [0.05, 0.1) is 19.8 Å². The summed E-state index contributed by atoms with van der Waals surface area (Å²) in [6.07, 6.45) is 8.26. The van der Waals surface area contributed by atoms with E-state index in [2.05, 4.69) is 10.1 Å². The number of methoxy groups -OCH3 is 1. The highest BCUT2D eigenvalue weighted by Crippen LogP contribution is 2.19. The average Bonchev–Trinajstić information content (AvgIpc) is 2.38. The first kappa shape index (κ1) is 14.5. The summed E-state index contributed by atoms with van der Waals surface area (Å²) in [5, 5.41) is 3.27. The van der Waals surface area contributed by atoms with Gasteiger partial charge in [0, 0.05) is 13.0 Å². The highest BCUT2D eigenvalue weighted by molar-refractivity contribution is 5.68. The van der Waals surface area contributed by atoms with Gasteiger partial charge in [-0.1, -0.05) is 19.3 Å².